The maximum Gasteiger partial charge on any atom is 0.127 e. The lowest BCUT2D eigenvalue weighted by atomic mass is 10.0. The first kappa shape index (κ1) is 14.7. The van der Waals surface area contributed by atoms with Crippen molar-refractivity contribution in [3.05, 3.63) is 41.0 Å². The second-order valence-electron chi connectivity index (χ2n) is 5.51. The molecule has 0 spiro atoms. The molecule has 0 aliphatic carbocycles. The molecule has 0 saturated heterocycles. The van der Waals surface area contributed by atoms with Crippen LogP contribution in [0.2, 0.25) is 0 Å². The van der Waals surface area contributed by atoms with Crippen molar-refractivity contribution >= 4 is 0 Å². The lowest BCUT2D eigenvalue weighted by Crippen LogP contribution is -2.22. The monoisotopic (exact) mass is 275 g/mol. The molecule has 1 aromatic heterocycles. The van der Waals surface area contributed by atoms with Gasteiger partial charge in [0.25, 0.3) is 0 Å². The molecular weight excluding hydrogens is 253 g/mol. The zero-order valence-electron chi connectivity index (χ0n) is 12.8. The molecule has 2 rings (SSSR count). The third-order valence-electron chi connectivity index (χ3n) is 3.54. The van der Waals surface area contributed by atoms with Crippen molar-refractivity contribution in [1.82, 2.24) is 15.1 Å². The van der Waals surface area contributed by atoms with Gasteiger partial charge in [-0.05, 0) is 31.5 Å². The predicted molar refractivity (Wildman–Crippen MR) is 80.1 cm³/mol. The smallest absolute Gasteiger partial charge is 0.127 e. The number of nitrogens with one attached hydrogen (secondary N) is 1. The van der Waals surface area contributed by atoms with Gasteiger partial charge < -0.3 is 5.32 Å². The van der Waals surface area contributed by atoms with Crippen LogP contribution < -0.4 is 5.32 Å². The van der Waals surface area contributed by atoms with Gasteiger partial charge >= 0.3 is 0 Å². The maximum atomic E-state index is 13.9. The lowest BCUT2D eigenvalue weighted by molar-refractivity contribution is 0.553. The van der Waals surface area contributed by atoms with Crippen molar-refractivity contribution in [2.24, 2.45) is 7.05 Å². The van der Waals surface area contributed by atoms with Gasteiger partial charge in [-0.2, -0.15) is 5.10 Å². The number of hydrogen-bond acceptors (Lipinski definition) is 2. The van der Waals surface area contributed by atoms with E-state index in [-0.39, 0.29) is 5.82 Å². The highest BCUT2D eigenvalue weighted by Crippen LogP contribution is 2.28. The molecule has 0 fully saturated rings. The highest BCUT2D eigenvalue weighted by molar-refractivity contribution is 5.69. The molecule has 1 N–H and O–H groups in total. The van der Waals surface area contributed by atoms with Crippen LogP contribution in [0.25, 0.3) is 11.1 Å². The second kappa shape index (κ2) is 5.75. The summed E-state index contributed by atoms with van der Waals surface area (Å²) in [6.07, 6.45) is 0. The zero-order valence-corrected chi connectivity index (χ0v) is 12.8. The van der Waals surface area contributed by atoms with Crippen LogP contribution in [0.3, 0.4) is 0 Å². The van der Waals surface area contributed by atoms with E-state index in [1.807, 2.05) is 37.7 Å². The van der Waals surface area contributed by atoms with Crippen molar-refractivity contribution < 1.29 is 4.39 Å². The molecule has 0 unspecified atom stereocenters. The molecule has 0 radical (unpaired) electrons. The SMILES string of the molecule is Cc1nn(C)c(C)c1-c1ccc(F)c(CNC(C)C)c1. The molecule has 0 aliphatic heterocycles. The fourth-order valence-corrected chi connectivity index (χ4v) is 2.37. The van der Waals surface area contributed by atoms with E-state index in [2.05, 4.69) is 24.3 Å². The van der Waals surface area contributed by atoms with Crippen LogP contribution in [0.15, 0.2) is 18.2 Å². The number of rotatable bonds is 4. The minimum absolute atomic E-state index is 0.166. The minimum atomic E-state index is -0.166. The first-order valence-electron chi connectivity index (χ1n) is 6.92. The Labute approximate surface area is 119 Å². The van der Waals surface area contributed by atoms with Gasteiger partial charge in [-0.3, -0.25) is 4.68 Å². The molecule has 0 amide bonds. The number of hydrogen-bond donors (Lipinski definition) is 1. The van der Waals surface area contributed by atoms with Crippen LogP contribution in [0.1, 0.15) is 30.8 Å². The topological polar surface area (TPSA) is 29.9 Å². The molecule has 0 saturated carbocycles. The molecule has 108 valence electrons. The number of benzene rings is 1. The summed E-state index contributed by atoms with van der Waals surface area (Å²) < 4.78 is 15.7. The van der Waals surface area contributed by atoms with Gasteiger partial charge in [0.05, 0.1) is 5.69 Å². The van der Waals surface area contributed by atoms with E-state index in [4.69, 9.17) is 0 Å². The summed E-state index contributed by atoms with van der Waals surface area (Å²) in [5.74, 6) is -0.166. The summed E-state index contributed by atoms with van der Waals surface area (Å²) in [5.41, 5.74) is 4.88. The highest BCUT2D eigenvalue weighted by atomic mass is 19.1. The van der Waals surface area contributed by atoms with Gasteiger partial charge in [-0.1, -0.05) is 19.9 Å². The average Bonchev–Trinajstić information content (AvgIpc) is 2.63. The van der Waals surface area contributed by atoms with Gasteiger partial charge in [0, 0.05) is 36.5 Å². The molecule has 0 atom stereocenters. The summed E-state index contributed by atoms with van der Waals surface area (Å²) >= 11 is 0. The molecule has 20 heavy (non-hydrogen) atoms. The van der Waals surface area contributed by atoms with E-state index in [1.165, 1.54) is 0 Å². The van der Waals surface area contributed by atoms with Gasteiger partial charge in [-0.15, -0.1) is 0 Å². The van der Waals surface area contributed by atoms with Crippen LogP contribution >= 0.6 is 0 Å². The van der Waals surface area contributed by atoms with Crippen LogP contribution in [0, 0.1) is 19.7 Å². The van der Waals surface area contributed by atoms with Crippen molar-refractivity contribution in [3.63, 3.8) is 0 Å². The second-order valence-corrected chi connectivity index (χ2v) is 5.51. The number of halogens is 1. The Morgan fingerprint density at radius 3 is 2.55 bits per heavy atom. The van der Waals surface area contributed by atoms with E-state index in [0.717, 1.165) is 22.5 Å². The summed E-state index contributed by atoms with van der Waals surface area (Å²) in [7, 11) is 1.93. The largest absolute Gasteiger partial charge is 0.310 e. The molecule has 1 aromatic carbocycles. The zero-order chi connectivity index (χ0) is 14.9. The van der Waals surface area contributed by atoms with Crippen LogP contribution in [0.5, 0.6) is 0 Å². The van der Waals surface area contributed by atoms with Gasteiger partial charge in [0.2, 0.25) is 0 Å². The third kappa shape index (κ3) is 2.90. The Balaban J connectivity index is 2.40. The summed E-state index contributed by atoms with van der Waals surface area (Å²) in [5, 5.41) is 7.68. The molecule has 0 aliphatic rings. The molecule has 4 heteroatoms. The molecule has 1 heterocycles. The highest BCUT2D eigenvalue weighted by Gasteiger charge is 2.13. The Morgan fingerprint density at radius 1 is 1.30 bits per heavy atom. The molecule has 2 aromatic rings. The summed E-state index contributed by atoms with van der Waals surface area (Å²) in [6.45, 7) is 8.66. The third-order valence-corrected chi connectivity index (χ3v) is 3.54. The Hall–Kier alpha value is -1.68. The lowest BCUT2D eigenvalue weighted by Gasteiger charge is -2.11. The fraction of sp³-hybridized carbons (Fsp3) is 0.438. The van der Waals surface area contributed by atoms with Gasteiger partial charge in [-0.25, -0.2) is 4.39 Å². The maximum absolute atomic E-state index is 13.9. The Kier molecular flexibility index (Phi) is 4.23. The van der Waals surface area contributed by atoms with Crippen molar-refractivity contribution in [2.75, 3.05) is 0 Å². The average molecular weight is 275 g/mol. The predicted octanol–water partition coefficient (Wildman–Crippen LogP) is 3.34. The minimum Gasteiger partial charge on any atom is -0.310 e. The Morgan fingerprint density at radius 2 is 2.00 bits per heavy atom. The quantitative estimate of drug-likeness (QED) is 0.927. The van der Waals surface area contributed by atoms with Crippen molar-refractivity contribution in [2.45, 2.75) is 40.3 Å². The normalized spacial score (nSPS) is 11.3. The number of aryl methyl sites for hydroxylation is 2. The van der Waals surface area contributed by atoms with E-state index in [1.54, 1.807) is 6.07 Å². The molecule has 3 nitrogen and oxygen atoms in total. The summed E-state index contributed by atoms with van der Waals surface area (Å²) in [4.78, 5) is 0. The van der Waals surface area contributed by atoms with Gasteiger partial charge in [0.15, 0.2) is 0 Å². The standard InChI is InChI=1S/C16H22FN3/c1-10(2)18-9-14-8-13(6-7-15(14)17)16-11(3)19-20(5)12(16)4/h6-8,10,18H,9H2,1-5H3. The van der Waals surface area contributed by atoms with E-state index < -0.39 is 0 Å². The van der Waals surface area contributed by atoms with E-state index >= 15 is 0 Å². The van der Waals surface area contributed by atoms with Crippen molar-refractivity contribution in [3.8, 4) is 11.1 Å². The fourth-order valence-electron chi connectivity index (χ4n) is 2.37. The van der Waals surface area contributed by atoms with Crippen LogP contribution in [-0.2, 0) is 13.6 Å². The number of nitrogens with zero attached hydrogens (tertiary/aromatic N) is 2. The van der Waals surface area contributed by atoms with Crippen LogP contribution in [-0.4, -0.2) is 15.8 Å². The summed E-state index contributed by atoms with van der Waals surface area (Å²) in [6, 6.07) is 5.62. The first-order chi connectivity index (χ1) is 9.40. The molecule has 0 bridgehead atoms. The number of aromatic nitrogens is 2. The van der Waals surface area contributed by atoms with E-state index in [9.17, 15) is 4.39 Å². The Bertz CT molecular complexity index is 614. The molecular formula is C16H22FN3. The van der Waals surface area contributed by atoms with Crippen molar-refractivity contribution in [1.29, 1.82) is 0 Å². The van der Waals surface area contributed by atoms with E-state index in [0.29, 0.717) is 18.2 Å². The first-order valence-corrected chi connectivity index (χ1v) is 6.92. The van der Waals surface area contributed by atoms with Crippen LogP contribution in [0.4, 0.5) is 4.39 Å². The van der Waals surface area contributed by atoms with Gasteiger partial charge in [0.1, 0.15) is 5.82 Å².